The van der Waals surface area contributed by atoms with Crippen LogP contribution in [0.5, 0.6) is 11.5 Å². The van der Waals surface area contributed by atoms with Crippen molar-refractivity contribution in [3.8, 4) is 11.5 Å². The van der Waals surface area contributed by atoms with Crippen molar-refractivity contribution in [3.05, 3.63) is 82.9 Å². The Morgan fingerprint density at radius 1 is 0.971 bits per heavy atom. The summed E-state index contributed by atoms with van der Waals surface area (Å²) in [7, 11) is 3.20. The summed E-state index contributed by atoms with van der Waals surface area (Å²) in [6, 6.07) is 19.5. The predicted octanol–water partition coefficient (Wildman–Crippen LogP) is 4.62. The molecule has 2 amide bonds. The second-order valence-corrected chi connectivity index (χ2v) is 9.15. The van der Waals surface area contributed by atoms with E-state index >= 15 is 0 Å². The second-order valence-electron chi connectivity index (χ2n) is 8.13. The van der Waals surface area contributed by atoms with E-state index < -0.39 is 0 Å². The quantitative estimate of drug-likeness (QED) is 0.514. The van der Waals surface area contributed by atoms with Crippen LogP contribution in [0.3, 0.4) is 0 Å². The molecule has 3 aromatic carbocycles. The van der Waals surface area contributed by atoms with Gasteiger partial charge in [-0.15, -0.1) is 11.8 Å². The van der Waals surface area contributed by atoms with Crippen molar-refractivity contribution in [1.82, 2.24) is 5.32 Å². The van der Waals surface area contributed by atoms with Crippen molar-refractivity contribution in [2.75, 3.05) is 31.4 Å². The Balaban J connectivity index is 1.44. The number of ether oxygens (including phenoxy) is 2. The number of hydrogen-bond acceptors (Lipinski definition) is 5. The number of nitrogens with zero attached hydrogens (tertiary/aromatic N) is 1. The van der Waals surface area contributed by atoms with E-state index in [0.29, 0.717) is 42.3 Å². The molecule has 1 heterocycles. The fraction of sp³-hybridized carbons (Fsp3) is 0.259. The molecular weight excluding hydrogens is 448 g/mol. The lowest BCUT2D eigenvalue weighted by molar-refractivity contribution is -0.116. The molecule has 0 bridgehead atoms. The number of methoxy groups -OCH3 is 2. The summed E-state index contributed by atoms with van der Waals surface area (Å²) in [5.41, 5.74) is 4.59. The van der Waals surface area contributed by atoms with E-state index in [9.17, 15) is 9.59 Å². The van der Waals surface area contributed by atoms with Gasteiger partial charge in [0, 0.05) is 17.0 Å². The van der Waals surface area contributed by atoms with Crippen molar-refractivity contribution in [1.29, 1.82) is 0 Å². The minimum absolute atomic E-state index is 0.0455. The van der Waals surface area contributed by atoms with Gasteiger partial charge in [0.2, 0.25) is 5.91 Å². The number of thioether (sulfide) groups is 1. The predicted molar refractivity (Wildman–Crippen MR) is 135 cm³/mol. The number of carbonyl (C=O) groups excluding carboxylic acids is 2. The normalized spacial score (nSPS) is 12.8. The van der Waals surface area contributed by atoms with Crippen LogP contribution in [0.4, 0.5) is 5.69 Å². The van der Waals surface area contributed by atoms with Gasteiger partial charge in [-0.3, -0.25) is 9.59 Å². The number of anilines is 1. The molecule has 6 nitrogen and oxygen atoms in total. The second kappa shape index (κ2) is 10.7. The molecule has 7 heteroatoms. The van der Waals surface area contributed by atoms with Crippen molar-refractivity contribution in [3.63, 3.8) is 0 Å². The molecule has 0 atom stereocenters. The van der Waals surface area contributed by atoms with Gasteiger partial charge in [-0.05, 0) is 54.8 Å². The molecule has 0 aromatic heterocycles. The van der Waals surface area contributed by atoms with E-state index in [0.717, 1.165) is 21.7 Å². The van der Waals surface area contributed by atoms with Gasteiger partial charge in [-0.2, -0.15) is 0 Å². The van der Waals surface area contributed by atoms with Crippen molar-refractivity contribution < 1.29 is 19.1 Å². The first-order chi connectivity index (χ1) is 16.5. The lowest BCUT2D eigenvalue weighted by atomic mass is 10.1. The van der Waals surface area contributed by atoms with Gasteiger partial charge in [0.1, 0.15) is 0 Å². The van der Waals surface area contributed by atoms with Crippen LogP contribution < -0.4 is 19.7 Å². The summed E-state index contributed by atoms with van der Waals surface area (Å²) in [5.74, 6) is 1.62. The highest BCUT2D eigenvalue weighted by molar-refractivity contribution is 8.00. The van der Waals surface area contributed by atoms with Gasteiger partial charge < -0.3 is 19.7 Å². The van der Waals surface area contributed by atoms with Gasteiger partial charge >= 0.3 is 0 Å². The molecule has 1 aliphatic heterocycles. The maximum Gasteiger partial charge on any atom is 0.251 e. The highest BCUT2D eigenvalue weighted by Crippen LogP contribution is 2.37. The van der Waals surface area contributed by atoms with Crippen LogP contribution in [-0.2, 0) is 17.8 Å². The molecule has 0 aliphatic carbocycles. The van der Waals surface area contributed by atoms with Gasteiger partial charge in [-0.1, -0.05) is 35.9 Å². The largest absolute Gasteiger partial charge is 0.493 e. The van der Waals surface area contributed by atoms with E-state index in [1.807, 2.05) is 67.6 Å². The summed E-state index contributed by atoms with van der Waals surface area (Å²) in [4.78, 5) is 28.4. The zero-order chi connectivity index (χ0) is 24.1. The smallest absolute Gasteiger partial charge is 0.251 e. The Bertz CT molecular complexity index is 1190. The summed E-state index contributed by atoms with van der Waals surface area (Å²) >= 11 is 1.51. The fourth-order valence-corrected chi connectivity index (χ4v) is 4.77. The first kappa shape index (κ1) is 23.7. The molecule has 0 radical (unpaired) electrons. The van der Waals surface area contributed by atoms with Gasteiger partial charge in [-0.25, -0.2) is 0 Å². The number of fused-ring (bicyclic) bond motifs is 1. The third kappa shape index (κ3) is 5.37. The Hall–Kier alpha value is -3.45. The SMILES string of the molecule is COc1ccc(CCNC(=O)c2ccc3c(c2)N(Cc2ccc(C)cc2)C(=O)CS3)cc1OC. The summed E-state index contributed by atoms with van der Waals surface area (Å²) in [6.45, 7) is 3.00. The molecule has 0 saturated carbocycles. The molecule has 3 aromatic rings. The first-order valence-electron chi connectivity index (χ1n) is 11.1. The lowest BCUT2D eigenvalue weighted by Crippen LogP contribution is -2.35. The Kier molecular flexibility index (Phi) is 7.43. The molecule has 0 unspecified atom stereocenters. The summed E-state index contributed by atoms with van der Waals surface area (Å²) in [5, 5.41) is 2.98. The monoisotopic (exact) mass is 476 g/mol. The average Bonchev–Trinajstić information content (AvgIpc) is 2.86. The van der Waals surface area contributed by atoms with Crippen LogP contribution in [0.2, 0.25) is 0 Å². The van der Waals surface area contributed by atoms with E-state index in [4.69, 9.17) is 9.47 Å². The number of carbonyl (C=O) groups is 2. The molecule has 0 fully saturated rings. The highest BCUT2D eigenvalue weighted by atomic mass is 32.2. The van der Waals surface area contributed by atoms with E-state index in [-0.39, 0.29) is 11.8 Å². The van der Waals surface area contributed by atoms with Gasteiger partial charge in [0.25, 0.3) is 5.91 Å². The number of nitrogens with one attached hydrogen (secondary N) is 1. The van der Waals surface area contributed by atoms with E-state index in [1.54, 1.807) is 19.1 Å². The maximum absolute atomic E-state index is 12.9. The van der Waals surface area contributed by atoms with Crippen LogP contribution in [0.25, 0.3) is 0 Å². The Morgan fingerprint density at radius 3 is 2.44 bits per heavy atom. The zero-order valence-corrected chi connectivity index (χ0v) is 20.4. The Labute approximate surface area is 204 Å². The standard InChI is InChI=1S/C27H28N2O4S/c1-18-4-6-20(7-5-18)16-29-22-15-21(9-11-25(22)34-17-26(29)30)27(31)28-13-12-19-8-10-23(32-2)24(14-19)33-3/h4-11,14-15H,12-13,16-17H2,1-3H3,(H,28,31). The topological polar surface area (TPSA) is 67.9 Å². The number of aryl methyl sites for hydroxylation is 1. The molecular formula is C27H28N2O4S. The number of amides is 2. The molecule has 176 valence electrons. The number of benzene rings is 3. The highest BCUT2D eigenvalue weighted by Gasteiger charge is 2.26. The van der Waals surface area contributed by atoms with Crippen LogP contribution >= 0.6 is 11.8 Å². The molecule has 1 N–H and O–H groups in total. The maximum atomic E-state index is 12.9. The summed E-state index contributed by atoms with van der Waals surface area (Å²) < 4.78 is 10.6. The molecule has 1 aliphatic rings. The van der Waals surface area contributed by atoms with E-state index in [1.165, 1.54) is 17.3 Å². The number of rotatable bonds is 8. The average molecular weight is 477 g/mol. The van der Waals surface area contributed by atoms with Gasteiger partial charge in [0.05, 0.1) is 32.2 Å². The Morgan fingerprint density at radius 2 is 1.71 bits per heavy atom. The fourth-order valence-electron chi connectivity index (χ4n) is 3.85. The third-order valence-electron chi connectivity index (χ3n) is 5.77. The van der Waals surface area contributed by atoms with Gasteiger partial charge in [0.15, 0.2) is 11.5 Å². The molecule has 0 spiro atoms. The zero-order valence-electron chi connectivity index (χ0n) is 19.6. The third-order valence-corrected chi connectivity index (χ3v) is 6.82. The minimum atomic E-state index is -0.165. The van der Waals surface area contributed by atoms with Crippen molar-refractivity contribution >= 4 is 29.3 Å². The van der Waals surface area contributed by atoms with Crippen molar-refractivity contribution in [2.24, 2.45) is 0 Å². The van der Waals surface area contributed by atoms with E-state index in [2.05, 4.69) is 5.32 Å². The minimum Gasteiger partial charge on any atom is -0.493 e. The van der Waals surface area contributed by atoms with Crippen LogP contribution in [-0.4, -0.2) is 38.3 Å². The lowest BCUT2D eigenvalue weighted by Gasteiger charge is -2.29. The summed E-state index contributed by atoms with van der Waals surface area (Å²) in [6.07, 6.45) is 0.658. The molecule has 4 rings (SSSR count). The first-order valence-corrected chi connectivity index (χ1v) is 12.1. The molecule has 34 heavy (non-hydrogen) atoms. The van der Waals surface area contributed by atoms with Crippen LogP contribution in [0.15, 0.2) is 65.6 Å². The number of hydrogen-bond donors (Lipinski definition) is 1. The molecule has 0 saturated heterocycles. The van der Waals surface area contributed by atoms with Crippen LogP contribution in [0.1, 0.15) is 27.0 Å². The van der Waals surface area contributed by atoms with Crippen LogP contribution in [0, 0.1) is 6.92 Å². The van der Waals surface area contributed by atoms with Crippen molar-refractivity contribution in [2.45, 2.75) is 24.8 Å².